The number of carbonyl (C=O) groups excluding carboxylic acids is 1. The largest absolute Gasteiger partial charge is 0.376 e. The van der Waals surface area contributed by atoms with Crippen LogP contribution in [0, 0.1) is 17.0 Å². The molecule has 1 aromatic heterocycles. The molecule has 26 heavy (non-hydrogen) atoms. The fourth-order valence-corrected chi connectivity index (χ4v) is 2.84. The van der Waals surface area contributed by atoms with Crippen molar-refractivity contribution >= 4 is 49.7 Å². The number of aryl methyl sites for hydroxylation is 1. The van der Waals surface area contributed by atoms with Crippen molar-refractivity contribution in [2.45, 2.75) is 6.92 Å². The van der Waals surface area contributed by atoms with E-state index in [1.165, 1.54) is 12.3 Å². The molecule has 0 aliphatic carbocycles. The summed E-state index contributed by atoms with van der Waals surface area (Å²) in [5.41, 5.74) is 2.34. The zero-order chi connectivity index (χ0) is 18.7. The summed E-state index contributed by atoms with van der Waals surface area (Å²) in [5, 5.41) is 18.0. The lowest BCUT2D eigenvalue weighted by atomic mass is 10.1. The van der Waals surface area contributed by atoms with Crippen LogP contribution in [0.1, 0.15) is 5.56 Å². The molecule has 0 radical (unpaired) electrons. The Morgan fingerprint density at radius 1 is 1.23 bits per heavy atom. The van der Waals surface area contributed by atoms with Gasteiger partial charge in [0.05, 0.1) is 16.9 Å². The summed E-state index contributed by atoms with van der Waals surface area (Å²) in [6.07, 6.45) is 3.01. The molecule has 7 nitrogen and oxygen atoms in total. The standard InChI is InChI=1S/C18H15BrN4O3/c1-11-8-12(2-3-15(11)19)22-18(24)10-21-16-4-5-17(23(25)26)14-9-20-7-6-13(14)16/h2-9,21H,10H2,1H3,(H,22,24). The summed E-state index contributed by atoms with van der Waals surface area (Å²) < 4.78 is 0.972. The van der Waals surface area contributed by atoms with Crippen molar-refractivity contribution in [1.82, 2.24) is 4.98 Å². The van der Waals surface area contributed by atoms with Crippen molar-refractivity contribution in [3.63, 3.8) is 0 Å². The average Bonchev–Trinajstić information content (AvgIpc) is 2.62. The number of nitro benzene ring substituents is 1. The first kappa shape index (κ1) is 17.8. The summed E-state index contributed by atoms with van der Waals surface area (Å²) >= 11 is 3.42. The monoisotopic (exact) mass is 414 g/mol. The van der Waals surface area contributed by atoms with E-state index in [-0.39, 0.29) is 18.1 Å². The maximum Gasteiger partial charge on any atom is 0.278 e. The quantitative estimate of drug-likeness (QED) is 0.479. The van der Waals surface area contributed by atoms with Gasteiger partial charge in [-0.15, -0.1) is 0 Å². The average molecular weight is 415 g/mol. The number of rotatable bonds is 5. The van der Waals surface area contributed by atoms with Gasteiger partial charge < -0.3 is 10.6 Å². The number of anilines is 2. The Bertz CT molecular complexity index is 1010. The highest BCUT2D eigenvalue weighted by molar-refractivity contribution is 9.10. The third kappa shape index (κ3) is 3.80. The minimum absolute atomic E-state index is 0.0200. The fourth-order valence-electron chi connectivity index (χ4n) is 2.59. The van der Waals surface area contributed by atoms with Crippen molar-refractivity contribution in [3.05, 3.63) is 68.9 Å². The Kier molecular flexibility index (Phi) is 5.13. The molecule has 0 bridgehead atoms. The van der Waals surface area contributed by atoms with E-state index < -0.39 is 4.92 Å². The molecule has 0 atom stereocenters. The first-order chi connectivity index (χ1) is 12.5. The van der Waals surface area contributed by atoms with E-state index in [0.717, 1.165) is 10.0 Å². The molecule has 3 aromatic rings. The second-order valence-electron chi connectivity index (χ2n) is 5.68. The molecule has 0 spiro atoms. The zero-order valence-electron chi connectivity index (χ0n) is 13.8. The maximum absolute atomic E-state index is 12.2. The number of carbonyl (C=O) groups is 1. The van der Waals surface area contributed by atoms with Crippen LogP contribution in [0.2, 0.25) is 0 Å². The number of fused-ring (bicyclic) bond motifs is 1. The molecule has 2 aromatic carbocycles. The van der Waals surface area contributed by atoms with Crippen LogP contribution in [0.15, 0.2) is 53.3 Å². The molecular formula is C18H15BrN4O3. The van der Waals surface area contributed by atoms with Gasteiger partial charge in [0.1, 0.15) is 0 Å². The number of aromatic nitrogens is 1. The molecule has 0 aliphatic rings. The van der Waals surface area contributed by atoms with Crippen LogP contribution < -0.4 is 10.6 Å². The van der Waals surface area contributed by atoms with Crippen LogP contribution in [0.4, 0.5) is 17.1 Å². The van der Waals surface area contributed by atoms with E-state index in [1.807, 2.05) is 25.1 Å². The molecule has 0 aliphatic heterocycles. The molecule has 1 amide bonds. The molecular weight excluding hydrogens is 400 g/mol. The van der Waals surface area contributed by atoms with Crippen molar-refractivity contribution in [2.24, 2.45) is 0 Å². The summed E-state index contributed by atoms with van der Waals surface area (Å²) in [6.45, 7) is 1.97. The fraction of sp³-hybridized carbons (Fsp3) is 0.111. The molecule has 0 unspecified atom stereocenters. The van der Waals surface area contributed by atoms with Gasteiger partial charge in [-0.1, -0.05) is 15.9 Å². The molecule has 8 heteroatoms. The van der Waals surface area contributed by atoms with Crippen LogP contribution in [-0.2, 0) is 4.79 Å². The molecule has 132 valence electrons. The number of hydrogen-bond donors (Lipinski definition) is 2. The topological polar surface area (TPSA) is 97.2 Å². The Labute approximate surface area is 157 Å². The van der Waals surface area contributed by atoms with Gasteiger partial charge in [-0.2, -0.15) is 0 Å². The number of pyridine rings is 1. The van der Waals surface area contributed by atoms with E-state index >= 15 is 0 Å². The van der Waals surface area contributed by atoms with Crippen molar-refractivity contribution < 1.29 is 9.72 Å². The molecule has 2 N–H and O–H groups in total. The normalized spacial score (nSPS) is 10.5. The Hall–Kier alpha value is -3.00. The molecule has 0 saturated carbocycles. The SMILES string of the molecule is Cc1cc(NC(=O)CNc2ccc([N+](=O)[O-])c3cnccc23)ccc1Br. The summed E-state index contributed by atoms with van der Waals surface area (Å²) in [5.74, 6) is -0.215. The predicted molar refractivity (Wildman–Crippen MR) is 104 cm³/mol. The zero-order valence-corrected chi connectivity index (χ0v) is 15.4. The van der Waals surface area contributed by atoms with Crippen LogP contribution in [-0.4, -0.2) is 22.4 Å². The second kappa shape index (κ2) is 7.49. The van der Waals surface area contributed by atoms with E-state index in [9.17, 15) is 14.9 Å². The minimum atomic E-state index is -0.448. The number of hydrogen-bond acceptors (Lipinski definition) is 5. The second-order valence-corrected chi connectivity index (χ2v) is 6.53. The third-order valence-corrected chi connectivity index (χ3v) is 4.76. The van der Waals surface area contributed by atoms with E-state index in [2.05, 4.69) is 31.5 Å². The predicted octanol–water partition coefficient (Wildman–Crippen LogP) is 4.26. The number of non-ortho nitro benzene ring substituents is 1. The lowest BCUT2D eigenvalue weighted by Gasteiger charge is -2.11. The summed E-state index contributed by atoms with van der Waals surface area (Å²) in [4.78, 5) is 26.8. The van der Waals surface area contributed by atoms with Gasteiger partial charge in [0.2, 0.25) is 5.91 Å². The molecule has 0 fully saturated rings. The van der Waals surface area contributed by atoms with Gasteiger partial charge >= 0.3 is 0 Å². The van der Waals surface area contributed by atoms with Gasteiger partial charge in [0.25, 0.3) is 5.69 Å². The smallest absolute Gasteiger partial charge is 0.278 e. The van der Waals surface area contributed by atoms with Gasteiger partial charge in [-0.05, 0) is 42.8 Å². The molecule has 3 rings (SSSR count). The highest BCUT2D eigenvalue weighted by Crippen LogP contribution is 2.30. The lowest BCUT2D eigenvalue weighted by Crippen LogP contribution is -2.21. The van der Waals surface area contributed by atoms with Crippen LogP contribution in [0.5, 0.6) is 0 Å². The highest BCUT2D eigenvalue weighted by Gasteiger charge is 2.14. The number of benzene rings is 2. The van der Waals surface area contributed by atoms with Crippen molar-refractivity contribution in [2.75, 3.05) is 17.2 Å². The molecule has 1 heterocycles. The van der Waals surface area contributed by atoms with Crippen LogP contribution >= 0.6 is 15.9 Å². The van der Waals surface area contributed by atoms with E-state index in [1.54, 1.807) is 18.3 Å². The summed E-state index contributed by atoms with van der Waals surface area (Å²) in [7, 11) is 0. The summed E-state index contributed by atoms with van der Waals surface area (Å²) in [6, 6.07) is 10.2. The van der Waals surface area contributed by atoms with Gasteiger partial charge in [0, 0.05) is 39.7 Å². The van der Waals surface area contributed by atoms with Crippen LogP contribution in [0.3, 0.4) is 0 Å². The number of amides is 1. The van der Waals surface area contributed by atoms with Gasteiger partial charge in [-0.3, -0.25) is 19.9 Å². The first-order valence-electron chi connectivity index (χ1n) is 7.76. The Morgan fingerprint density at radius 2 is 2.04 bits per heavy atom. The van der Waals surface area contributed by atoms with Gasteiger partial charge in [0.15, 0.2) is 0 Å². The van der Waals surface area contributed by atoms with E-state index in [4.69, 9.17) is 0 Å². The van der Waals surface area contributed by atoms with Crippen molar-refractivity contribution in [1.29, 1.82) is 0 Å². The lowest BCUT2D eigenvalue weighted by molar-refractivity contribution is -0.383. The van der Waals surface area contributed by atoms with Gasteiger partial charge in [-0.25, -0.2) is 0 Å². The Balaban J connectivity index is 1.75. The number of nitro groups is 1. The van der Waals surface area contributed by atoms with E-state index in [0.29, 0.717) is 22.1 Å². The Morgan fingerprint density at radius 3 is 2.77 bits per heavy atom. The number of nitrogens with one attached hydrogen (secondary N) is 2. The minimum Gasteiger partial charge on any atom is -0.376 e. The highest BCUT2D eigenvalue weighted by atomic mass is 79.9. The number of nitrogens with zero attached hydrogens (tertiary/aromatic N) is 2. The molecule has 0 saturated heterocycles. The maximum atomic E-state index is 12.2. The first-order valence-corrected chi connectivity index (χ1v) is 8.56. The number of halogens is 1. The van der Waals surface area contributed by atoms with Crippen molar-refractivity contribution in [3.8, 4) is 0 Å². The van der Waals surface area contributed by atoms with Crippen LogP contribution in [0.25, 0.3) is 10.8 Å². The third-order valence-electron chi connectivity index (χ3n) is 3.87.